The van der Waals surface area contributed by atoms with E-state index in [0.717, 1.165) is 31.2 Å². The third kappa shape index (κ3) is 5.41. The second-order valence-corrected chi connectivity index (χ2v) is 12.3. The second kappa shape index (κ2) is 10.4. The van der Waals surface area contributed by atoms with Gasteiger partial charge in [-0.1, -0.05) is 59.6 Å². The standard InChI is InChI=1S/C29H41N3O4/c1-17(2)14-22(31-27(35)19-10-12-20(13-11-19)29(3,4)5)28(36)32-23(26(34)18-8-6-7-9-18)15-21-25(32)24(33)16-30-21/h10-13,17-18,21-23,25,30H,6-9,14-16H2,1-5H3,(H,31,35). The highest BCUT2D eigenvalue weighted by molar-refractivity contribution is 6.02. The van der Waals surface area contributed by atoms with Gasteiger partial charge in [0, 0.05) is 17.5 Å². The molecule has 36 heavy (non-hydrogen) atoms. The number of benzene rings is 1. The van der Waals surface area contributed by atoms with Crippen LogP contribution in [0.3, 0.4) is 0 Å². The first-order valence-corrected chi connectivity index (χ1v) is 13.5. The number of hydrogen-bond donors (Lipinski definition) is 2. The molecule has 2 N–H and O–H groups in total. The van der Waals surface area contributed by atoms with Gasteiger partial charge in [0.25, 0.3) is 5.91 Å². The molecule has 3 fully saturated rings. The van der Waals surface area contributed by atoms with Crippen LogP contribution < -0.4 is 10.6 Å². The lowest BCUT2D eigenvalue weighted by molar-refractivity contribution is -0.145. The van der Waals surface area contributed by atoms with E-state index >= 15 is 0 Å². The zero-order chi connectivity index (χ0) is 26.2. The summed E-state index contributed by atoms with van der Waals surface area (Å²) in [5, 5.41) is 6.16. The third-order valence-corrected chi connectivity index (χ3v) is 8.03. The van der Waals surface area contributed by atoms with Crippen molar-refractivity contribution in [3.63, 3.8) is 0 Å². The van der Waals surface area contributed by atoms with Crippen LogP contribution in [0.5, 0.6) is 0 Å². The van der Waals surface area contributed by atoms with E-state index in [9.17, 15) is 19.2 Å². The Balaban J connectivity index is 1.58. The monoisotopic (exact) mass is 495 g/mol. The highest BCUT2D eigenvalue weighted by atomic mass is 16.2. The zero-order valence-corrected chi connectivity index (χ0v) is 22.3. The maximum absolute atomic E-state index is 14.0. The number of carbonyl (C=O) groups is 4. The Kier molecular flexibility index (Phi) is 7.69. The van der Waals surface area contributed by atoms with E-state index in [0.29, 0.717) is 18.4 Å². The lowest BCUT2D eigenvalue weighted by Crippen LogP contribution is -2.56. The molecular weight excluding hydrogens is 454 g/mol. The van der Waals surface area contributed by atoms with Gasteiger partial charge in [0.15, 0.2) is 11.6 Å². The number of carbonyl (C=O) groups excluding carboxylic acids is 4. The predicted molar refractivity (Wildman–Crippen MR) is 139 cm³/mol. The smallest absolute Gasteiger partial charge is 0.251 e. The number of nitrogens with one attached hydrogen (secondary N) is 2. The van der Waals surface area contributed by atoms with Crippen molar-refractivity contribution < 1.29 is 19.2 Å². The van der Waals surface area contributed by atoms with E-state index in [4.69, 9.17) is 0 Å². The van der Waals surface area contributed by atoms with Crippen LogP contribution in [0.15, 0.2) is 24.3 Å². The highest BCUT2D eigenvalue weighted by Gasteiger charge is 2.54. The molecule has 1 aliphatic carbocycles. The fourth-order valence-corrected chi connectivity index (χ4v) is 6.04. The molecule has 7 nitrogen and oxygen atoms in total. The Morgan fingerprint density at radius 3 is 2.31 bits per heavy atom. The number of rotatable bonds is 7. The number of nitrogens with zero attached hydrogens (tertiary/aromatic N) is 1. The predicted octanol–water partition coefficient (Wildman–Crippen LogP) is 3.40. The average Bonchev–Trinajstić information content (AvgIpc) is 3.55. The summed E-state index contributed by atoms with van der Waals surface area (Å²) >= 11 is 0. The fourth-order valence-electron chi connectivity index (χ4n) is 6.04. The van der Waals surface area contributed by atoms with Crippen LogP contribution >= 0.6 is 0 Å². The summed E-state index contributed by atoms with van der Waals surface area (Å²) < 4.78 is 0. The molecule has 2 saturated heterocycles. The molecule has 4 unspecified atom stereocenters. The van der Waals surface area contributed by atoms with E-state index < -0.39 is 18.1 Å². The summed E-state index contributed by atoms with van der Waals surface area (Å²) in [6, 6.07) is 5.22. The molecule has 3 aliphatic rings. The van der Waals surface area contributed by atoms with Gasteiger partial charge < -0.3 is 15.5 Å². The summed E-state index contributed by atoms with van der Waals surface area (Å²) in [5.41, 5.74) is 1.58. The molecule has 1 aromatic rings. The van der Waals surface area contributed by atoms with Crippen molar-refractivity contribution in [1.82, 2.24) is 15.5 Å². The number of hydrogen-bond acceptors (Lipinski definition) is 5. The molecule has 196 valence electrons. The van der Waals surface area contributed by atoms with Crippen LogP contribution in [-0.4, -0.2) is 59.0 Å². The molecule has 2 heterocycles. The van der Waals surface area contributed by atoms with Crippen molar-refractivity contribution >= 4 is 23.4 Å². The summed E-state index contributed by atoms with van der Waals surface area (Å²) in [6.07, 6.45) is 4.66. The second-order valence-electron chi connectivity index (χ2n) is 12.3. The first-order valence-electron chi connectivity index (χ1n) is 13.5. The maximum atomic E-state index is 14.0. The van der Waals surface area contributed by atoms with Crippen molar-refractivity contribution in [2.75, 3.05) is 6.54 Å². The minimum atomic E-state index is -0.800. The minimum absolute atomic E-state index is 0.0276. The topological polar surface area (TPSA) is 95.6 Å². The van der Waals surface area contributed by atoms with Gasteiger partial charge >= 0.3 is 0 Å². The van der Waals surface area contributed by atoms with Crippen LogP contribution in [0, 0.1) is 11.8 Å². The molecule has 2 aliphatic heterocycles. The number of ketones is 2. The van der Waals surface area contributed by atoms with Gasteiger partial charge in [0.05, 0.1) is 12.6 Å². The normalized spacial score (nSPS) is 25.3. The SMILES string of the molecule is CC(C)CC(NC(=O)c1ccc(C(C)(C)C)cc1)C(=O)N1C(C(=O)C2CCCC2)CC2NCC(=O)C21. The van der Waals surface area contributed by atoms with Crippen molar-refractivity contribution in [3.8, 4) is 0 Å². The van der Waals surface area contributed by atoms with Crippen molar-refractivity contribution in [3.05, 3.63) is 35.4 Å². The average molecular weight is 496 g/mol. The van der Waals surface area contributed by atoms with E-state index in [-0.39, 0.29) is 53.2 Å². The van der Waals surface area contributed by atoms with Crippen LogP contribution in [-0.2, 0) is 19.8 Å². The third-order valence-electron chi connectivity index (χ3n) is 8.03. The van der Waals surface area contributed by atoms with E-state index in [1.54, 1.807) is 17.0 Å². The molecule has 1 aromatic carbocycles. The lowest BCUT2D eigenvalue weighted by Gasteiger charge is -2.33. The Morgan fingerprint density at radius 1 is 1.08 bits per heavy atom. The van der Waals surface area contributed by atoms with Crippen molar-refractivity contribution in [1.29, 1.82) is 0 Å². The Bertz CT molecular complexity index is 1000. The van der Waals surface area contributed by atoms with Crippen LogP contribution in [0.4, 0.5) is 0 Å². The molecule has 4 rings (SSSR count). The van der Waals surface area contributed by atoms with E-state index in [2.05, 4.69) is 31.4 Å². The van der Waals surface area contributed by atoms with Crippen LogP contribution in [0.2, 0.25) is 0 Å². The summed E-state index contributed by atoms with van der Waals surface area (Å²) in [5.74, 6) is -0.510. The van der Waals surface area contributed by atoms with Crippen molar-refractivity contribution in [2.45, 2.75) is 103 Å². The van der Waals surface area contributed by atoms with Crippen molar-refractivity contribution in [2.24, 2.45) is 11.8 Å². The molecule has 4 atom stereocenters. The first kappa shape index (κ1) is 26.5. The highest BCUT2D eigenvalue weighted by Crippen LogP contribution is 2.35. The number of amides is 2. The zero-order valence-electron chi connectivity index (χ0n) is 22.3. The van der Waals surface area contributed by atoms with Gasteiger partial charge in [0.1, 0.15) is 12.1 Å². The molecule has 0 radical (unpaired) electrons. The molecule has 0 aromatic heterocycles. The summed E-state index contributed by atoms with van der Waals surface area (Å²) in [4.78, 5) is 55.1. The maximum Gasteiger partial charge on any atom is 0.251 e. The molecule has 7 heteroatoms. The molecule has 0 spiro atoms. The van der Waals surface area contributed by atoms with E-state index in [1.165, 1.54) is 0 Å². The largest absolute Gasteiger partial charge is 0.340 e. The minimum Gasteiger partial charge on any atom is -0.340 e. The molecule has 2 amide bonds. The summed E-state index contributed by atoms with van der Waals surface area (Å²) in [7, 11) is 0. The van der Waals surface area contributed by atoms with Crippen LogP contribution in [0.1, 0.15) is 89.1 Å². The quantitative estimate of drug-likeness (QED) is 0.605. The molecule has 0 bridgehead atoms. The molecular formula is C29H41N3O4. The van der Waals surface area contributed by atoms with E-state index in [1.807, 2.05) is 26.0 Å². The van der Waals surface area contributed by atoms with Gasteiger partial charge in [-0.3, -0.25) is 19.2 Å². The Hall–Kier alpha value is -2.54. The first-order chi connectivity index (χ1) is 17.0. The lowest BCUT2D eigenvalue weighted by atomic mass is 9.86. The number of likely N-dealkylation sites (tertiary alicyclic amines) is 1. The van der Waals surface area contributed by atoms with Gasteiger partial charge in [-0.25, -0.2) is 0 Å². The Morgan fingerprint density at radius 2 is 1.72 bits per heavy atom. The van der Waals surface area contributed by atoms with Gasteiger partial charge in [-0.15, -0.1) is 0 Å². The van der Waals surface area contributed by atoms with Gasteiger partial charge in [0.2, 0.25) is 5.91 Å². The number of Topliss-reactive ketones (excluding diaryl/α,β-unsaturated/α-hetero) is 2. The number of fused-ring (bicyclic) bond motifs is 1. The fraction of sp³-hybridized carbons (Fsp3) is 0.655. The van der Waals surface area contributed by atoms with Crippen LogP contribution in [0.25, 0.3) is 0 Å². The Labute approximate surface area is 214 Å². The van der Waals surface area contributed by atoms with Gasteiger partial charge in [-0.2, -0.15) is 0 Å². The summed E-state index contributed by atoms with van der Waals surface area (Å²) in [6.45, 7) is 10.6. The van der Waals surface area contributed by atoms with Gasteiger partial charge in [-0.05, 0) is 54.7 Å². The molecule has 1 saturated carbocycles.